The average Bonchev–Trinajstić information content (AvgIpc) is 2.95. The number of nitrogens with zero attached hydrogens (tertiary/aromatic N) is 1. The Kier molecular flexibility index (Phi) is 5.90. The quantitative estimate of drug-likeness (QED) is 0.458. The van der Waals surface area contributed by atoms with Crippen LogP contribution < -0.4 is 17.0 Å². The van der Waals surface area contributed by atoms with Crippen LogP contribution in [0.3, 0.4) is 0 Å². The predicted molar refractivity (Wildman–Crippen MR) is 82.8 cm³/mol. The molecule has 3 unspecified atom stereocenters. The van der Waals surface area contributed by atoms with Crippen LogP contribution in [0.5, 0.6) is 0 Å². The van der Waals surface area contributed by atoms with E-state index in [1.807, 2.05) is 0 Å². The number of nitrogens with one attached hydrogen (secondary N) is 1. The molecular weight excluding hydrogens is 302 g/mol. The largest absolute Gasteiger partial charge is 0.394 e. The minimum atomic E-state index is -0.662. The highest BCUT2D eigenvalue weighted by molar-refractivity contribution is 5.29. The molecule has 0 amide bonds. The highest BCUT2D eigenvalue weighted by atomic mass is 16.6. The Bertz CT molecular complexity index is 727. The van der Waals surface area contributed by atoms with Gasteiger partial charge >= 0.3 is 5.69 Å². The Morgan fingerprint density at radius 3 is 3.04 bits per heavy atom. The van der Waals surface area contributed by atoms with Crippen LogP contribution in [0.4, 0.5) is 0 Å². The molecule has 4 N–H and O–H groups in total. The number of rotatable bonds is 5. The van der Waals surface area contributed by atoms with Gasteiger partial charge in [-0.1, -0.05) is 17.9 Å². The van der Waals surface area contributed by atoms with Gasteiger partial charge in [-0.3, -0.25) is 14.3 Å². The summed E-state index contributed by atoms with van der Waals surface area (Å²) in [6.07, 6.45) is 1.68. The van der Waals surface area contributed by atoms with Crippen molar-refractivity contribution in [3.05, 3.63) is 45.3 Å². The molecule has 1 saturated heterocycles. The molecule has 0 saturated carbocycles. The first-order chi connectivity index (χ1) is 11.1. The van der Waals surface area contributed by atoms with Crippen LogP contribution in [0.2, 0.25) is 0 Å². The van der Waals surface area contributed by atoms with Crippen molar-refractivity contribution in [2.75, 3.05) is 19.8 Å². The number of nitrogens with two attached hydrogens (primary N) is 1. The van der Waals surface area contributed by atoms with E-state index >= 15 is 0 Å². The second-order valence-electron chi connectivity index (χ2n) is 4.92. The van der Waals surface area contributed by atoms with Gasteiger partial charge in [-0.05, 0) is 0 Å². The first-order valence-corrected chi connectivity index (χ1v) is 7.14. The SMILES string of the molecule is C=CCOC1CC(n2cc(C#CCN)c(=O)[nH]c2=O)OC1CO. The van der Waals surface area contributed by atoms with E-state index in [-0.39, 0.29) is 24.8 Å². The summed E-state index contributed by atoms with van der Waals surface area (Å²) in [5, 5.41) is 9.37. The molecule has 0 aromatic carbocycles. The zero-order valence-corrected chi connectivity index (χ0v) is 12.5. The van der Waals surface area contributed by atoms with Crippen molar-refractivity contribution >= 4 is 0 Å². The molecule has 0 bridgehead atoms. The van der Waals surface area contributed by atoms with Gasteiger partial charge in [-0.2, -0.15) is 0 Å². The molecule has 1 fully saturated rings. The first-order valence-electron chi connectivity index (χ1n) is 7.14. The molecule has 1 aliphatic heterocycles. The van der Waals surface area contributed by atoms with E-state index in [9.17, 15) is 14.7 Å². The molecule has 8 nitrogen and oxygen atoms in total. The highest BCUT2D eigenvalue weighted by Crippen LogP contribution is 2.29. The van der Waals surface area contributed by atoms with Crippen molar-refractivity contribution in [3.63, 3.8) is 0 Å². The second kappa shape index (κ2) is 7.89. The number of aromatic nitrogens is 2. The molecule has 0 aliphatic carbocycles. The van der Waals surface area contributed by atoms with E-state index in [2.05, 4.69) is 23.4 Å². The molecule has 1 aromatic heterocycles. The topological polar surface area (TPSA) is 120 Å². The predicted octanol–water partition coefficient (Wildman–Crippen LogP) is -1.30. The normalized spacial score (nSPS) is 23.3. The van der Waals surface area contributed by atoms with Crippen molar-refractivity contribution in [1.29, 1.82) is 0 Å². The second-order valence-corrected chi connectivity index (χ2v) is 4.92. The fraction of sp³-hybridized carbons (Fsp3) is 0.467. The Labute approximate surface area is 132 Å². The third-order valence-electron chi connectivity index (χ3n) is 3.39. The van der Waals surface area contributed by atoms with Crippen molar-refractivity contribution < 1.29 is 14.6 Å². The van der Waals surface area contributed by atoms with Crippen LogP contribution in [-0.2, 0) is 9.47 Å². The van der Waals surface area contributed by atoms with E-state index < -0.39 is 23.6 Å². The molecular formula is C15H19N3O5. The molecule has 2 heterocycles. The zero-order chi connectivity index (χ0) is 16.8. The maximum atomic E-state index is 12.0. The van der Waals surface area contributed by atoms with Gasteiger partial charge in [0.15, 0.2) is 0 Å². The van der Waals surface area contributed by atoms with Crippen LogP contribution in [-0.4, -0.2) is 46.6 Å². The third kappa shape index (κ3) is 3.97. The van der Waals surface area contributed by atoms with Gasteiger partial charge in [-0.25, -0.2) is 4.79 Å². The third-order valence-corrected chi connectivity index (χ3v) is 3.39. The lowest BCUT2D eigenvalue weighted by Gasteiger charge is -2.15. The fourth-order valence-electron chi connectivity index (χ4n) is 2.34. The van der Waals surface area contributed by atoms with Crippen LogP contribution >= 0.6 is 0 Å². The maximum Gasteiger partial charge on any atom is 0.330 e. The molecule has 1 aliphatic rings. The Balaban J connectivity index is 2.29. The maximum absolute atomic E-state index is 12.0. The molecule has 124 valence electrons. The summed E-state index contributed by atoms with van der Waals surface area (Å²) in [7, 11) is 0. The minimum Gasteiger partial charge on any atom is -0.394 e. The van der Waals surface area contributed by atoms with Crippen molar-refractivity contribution in [2.45, 2.75) is 24.9 Å². The van der Waals surface area contributed by atoms with Crippen LogP contribution in [0.1, 0.15) is 18.2 Å². The average molecular weight is 321 g/mol. The summed E-state index contributed by atoms with van der Waals surface area (Å²) < 4.78 is 12.4. The van der Waals surface area contributed by atoms with Gasteiger partial charge in [0.25, 0.3) is 5.56 Å². The number of aliphatic hydroxyl groups is 1. The van der Waals surface area contributed by atoms with E-state index in [0.717, 1.165) is 0 Å². The van der Waals surface area contributed by atoms with E-state index in [1.165, 1.54) is 10.8 Å². The van der Waals surface area contributed by atoms with Crippen molar-refractivity contribution in [1.82, 2.24) is 9.55 Å². The summed E-state index contributed by atoms with van der Waals surface area (Å²) in [6, 6.07) is 0. The zero-order valence-electron chi connectivity index (χ0n) is 12.5. The summed E-state index contributed by atoms with van der Waals surface area (Å²) >= 11 is 0. The van der Waals surface area contributed by atoms with E-state index in [4.69, 9.17) is 15.2 Å². The van der Waals surface area contributed by atoms with Crippen LogP contribution in [0.25, 0.3) is 0 Å². The van der Waals surface area contributed by atoms with Crippen LogP contribution in [0.15, 0.2) is 28.4 Å². The molecule has 0 radical (unpaired) electrons. The highest BCUT2D eigenvalue weighted by Gasteiger charge is 2.37. The lowest BCUT2D eigenvalue weighted by atomic mass is 10.2. The number of hydrogen-bond acceptors (Lipinski definition) is 6. The number of aliphatic hydroxyl groups excluding tert-OH is 1. The summed E-state index contributed by atoms with van der Waals surface area (Å²) in [5.41, 5.74) is 4.21. The van der Waals surface area contributed by atoms with Crippen molar-refractivity contribution in [3.8, 4) is 11.8 Å². The lowest BCUT2D eigenvalue weighted by molar-refractivity contribution is -0.0582. The number of H-pyrrole nitrogens is 1. The summed E-state index contributed by atoms with van der Waals surface area (Å²) in [5.74, 6) is 5.17. The van der Waals surface area contributed by atoms with Gasteiger partial charge in [0, 0.05) is 12.6 Å². The van der Waals surface area contributed by atoms with Gasteiger partial charge in [0.2, 0.25) is 0 Å². The Morgan fingerprint density at radius 1 is 1.61 bits per heavy atom. The lowest BCUT2D eigenvalue weighted by Crippen LogP contribution is -2.33. The van der Waals surface area contributed by atoms with E-state index in [0.29, 0.717) is 13.0 Å². The summed E-state index contributed by atoms with van der Waals surface area (Å²) in [4.78, 5) is 25.9. The number of hydrogen-bond donors (Lipinski definition) is 3. The van der Waals surface area contributed by atoms with Gasteiger partial charge in [0.1, 0.15) is 17.9 Å². The van der Waals surface area contributed by atoms with Gasteiger partial charge in [-0.15, -0.1) is 6.58 Å². The minimum absolute atomic E-state index is 0.0998. The van der Waals surface area contributed by atoms with E-state index in [1.54, 1.807) is 6.08 Å². The van der Waals surface area contributed by atoms with Crippen molar-refractivity contribution in [2.24, 2.45) is 5.73 Å². The smallest absolute Gasteiger partial charge is 0.330 e. The number of aromatic amines is 1. The molecule has 23 heavy (non-hydrogen) atoms. The Morgan fingerprint density at radius 2 is 2.39 bits per heavy atom. The van der Waals surface area contributed by atoms with Gasteiger partial charge in [0.05, 0.1) is 25.9 Å². The molecule has 0 spiro atoms. The molecule has 3 atom stereocenters. The molecule has 8 heteroatoms. The molecule has 1 aromatic rings. The standard InChI is InChI=1S/C15H19N3O5/c1-2-6-22-11-7-13(23-12(11)9-19)18-8-10(4-3-5-16)14(20)17-15(18)21/h2,8,11-13,19H,1,5-7,9,16H2,(H,17,20,21). The van der Waals surface area contributed by atoms with Crippen LogP contribution in [0, 0.1) is 11.8 Å². The first kappa shape index (κ1) is 17.2. The Hall–Kier alpha value is -2.18. The monoisotopic (exact) mass is 321 g/mol. The molecule has 2 rings (SSSR count). The fourth-order valence-corrected chi connectivity index (χ4v) is 2.34. The number of ether oxygens (including phenoxy) is 2. The van der Waals surface area contributed by atoms with Gasteiger partial charge < -0.3 is 20.3 Å². The summed E-state index contributed by atoms with van der Waals surface area (Å²) in [6.45, 7) is 3.74.